The van der Waals surface area contributed by atoms with Crippen LogP contribution in [0.25, 0.3) is 6.08 Å². The smallest absolute Gasteiger partial charge is 0.248 e. The Bertz CT molecular complexity index is 662. The van der Waals surface area contributed by atoms with E-state index in [9.17, 15) is 9.18 Å². The molecule has 0 aliphatic carbocycles. The van der Waals surface area contributed by atoms with Gasteiger partial charge < -0.3 is 5.32 Å². The molecule has 0 saturated heterocycles. The maximum absolute atomic E-state index is 13.1. The van der Waals surface area contributed by atoms with Crippen LogP contribution in [0.3, 0.4) is 0 Å². The molecule has 1 amide bonds. The Labute approximate surface area is 118 Å². The Morgan fingerprint density at radius 3 is 2.70 bits per heavy atom. The van der Waals surface area contributed by atoms with Gasteiger partial charge in [0, 0.05) is 11.8 Å². The van der Waals surface area contributed by atoms with Gasteiger partial charge in [0.1, 0.15) is 5.82 Å². The van der Waals surface area contributed by atoms with E-state index in [1.54, 1.807) is 12.1 Å². The minimum Gasteiger partial charge on any atom is -0.322 e. The topological polar surface area (TPSA) is 29.1 Å². The summed E-state index contributed by atoms with van der Waals surface area (Å²) in [6.45, 7) is 3.81. The van der Waals surface area contributed by atoms with Gasteiger partial charge in [-0.15, -0.1) is 0 Å². The molecule has 0 saturated carbocycles. The Morgan fingerprint density at radius 2 is 1.95 bits per heavy atom. The summed E-state index contributed by atoms with van der Waals surface area (Å²) >= 11 is 0. The zero-order valence-corrected chi connectivity index (χ0v) is 11.5. The molecule has 0 radical (unpaired) electrons. The van der Waals surface area contributed by atoms with E-state index >= 15 is 0 Å². The van der Waals surface area contributed by atoms with Crippen molar-refractivity contribution in [1.82, 2.24) is 0 Å². The SMILES string of the molecule is Cc1cccc(/C=C\C(=O)Nc2cc(F)ccc2C)c1. The summed E-state index contributed by atoms with van der Waals surface area (Å²) in [4.78, 5) is 11.8. The summed E-state index contributed by atoms with van der Waals surface area (Å²) in [5.41, 5.74) is 3.40. The van der Waals surface area contributed by atoms with Crippen LogP contribution in [-0.4, -0.2) is 5.91 Å². The minimum atomic E-state index is -0.367. The van der Waals surface area contributed by atoms with Crippen LogP contribution in [0.5, 0.6) is 0 Å². The van der Waals surface area contributed by atoms with Crippen LogP contribution in [-0.2, 0) is 4.79 Å². The number of aryl methyl sites for hydroxylation is 2. The zero-order chi connectivity index (χ0) is 14.5. The lowest BCUT2D eigenvalue weighted by Crippen LogP contribution is -2.09. The molecule has 0 aromatic heterocycles. The molecule has 2 aromatic rings. The third kappa shape index (κ3) is 3.79. The van der Waals surface area contributed by atoms with Crippen molar-refractivity contribution >= 4 is 17.7 Å². The molecule has 0 unspecified atom stereocenters. The summed E-state index contributed by atoms with van der Waals surface area (Å²) in [7, 11) is 0. The fourth-order valence-corrected chi connectivity index (χ4v) is 1.85. The fraction of sp³-hybridized carbons (Fsp3) is 0.118. The van der Waals surface area contributed by atoms with Gasteiger partial charge in [-0.05, 0) is 43.2 Å². The van der Waals surface area contributed by atoms with Gasteiger partial charge in [-0.2, -0.15) is 0 Å². The van der Waals surface area contributed by atoms with Gasteiger partial charge in [-0.1, -0.05) is 35.9 Å². The van der Waals surface area contributed by atoms with Gasteiger partial charge in [0.15, 0.2) is 0 Å². The molecule has 2 aromatic carbocycles. The van der Waals surface area contributed by atoms with Crippen molar-refractivity contribution < 1.29 is 9.18 Å². The number of amides is 1. The Kier molecular flexibility index (Phi) is 4.31. The first-order valence-corrected chi connectivity index (χ1v) is 6.36. The quantitative estimate of drug-likeness (QED) is 0.835. The molecule has 102 valence electrons. The minimum absolute atomic E-state index is 0.278. The summed E-state index contributed by atoms with van der Waals surface area (Å²) in [5, 5.41) is 2.67. The third-order valence-electron chi connectivity index (χ3n) is 2.93. The number of rotatable bonds is 3. The van der Waals surface area contributed by atoms with Gasteiger partial charge in [-0.25, -0.2) is 4.39 Å². The Hall–Kier alpha value is -2.42. The van der Waals surface area contributed by atoms with Gasteiger partial charge >= 0.3 is 0 Å². The van der Waals surface area contributed by atoms with Gasteiger partial charge in [0.05, 0.1) is 0 Å². The summed E-state index contributed by atoms with van der Waals surface area (Å²) in [6, 6.07) is 12.1. The second-order valence-electron chi connectivity index (χ2n) is 4.70. The lowest BCUT2D eigenvalue weighted by atomic mass is 10.1. The average molecular weight is 269 g/mol. The number of carbonyl (C=O) groups is 1. The van der Waals surface area contributed by atoms with Crippen molar-refractivity contribution in [2.45, 2.75) is 13.8 Å². The molecule has 0 atom stereocenters. The number of carbonyl (C=O) groups excluding carboxylic acids is 1. The van der Waals surface area contributed by atoms with Gasteiger partial charge in [0.25, 0.3) is 0 Å². The Balaban J connectivity index is 2.07. The molecule has 0 bridgehead atoms. The second-order valence-corrected chi connectivity index (χ2v) is 4.70. The lowest BCUT2D eigenvalue weighted by molar-refractivity contribution is -0.111. The number of halogens is 1. The summed E-state index contributed by atoms with van der Waals surface area (Å²) < 4.78 is 13.1. The van der Waals surface area contributed by atoms with Crippen molar-refractivity contribution in [3.8, 4) is 0 Å². The normalized spacial score (nSPS) is 10.8. The third-order valence-corrected chi connectivity index (χ3v) is 2.93. The van der Waals surface area contributed by atoms with Crippen LogP contribution in [0.2, 0.25) is 0 Å². The average Bonchev–Trinajstić information content (AvgIpc) is 2.41. The molecule has 0 heterocycles. The molecule has 1 N–H and O–H groups in total. The van der Waals surface area contributed by atoms with Crippen LogP contribution >= 0.6 is 0 Å². The first kappa shape index (κ1) is 14.0. The predicted octanol–water partition coefficient (Wildman–Crippen LogP) is 4.09. The van der Waals surface area contributed by atoms with Crippen molar-refractivity contribution in [2.75, 3.05) is 5.32 Å². The zero-order valence-electron chi connectivity index (χ0n) is 11.5. The van der Waals surface area contributed by atoms with Crippen LogP contribution in [0.15, 0.2) is 48.5 Å². The van der Waals surface area contributed by atoms with Crippen molar-refractivity contribution in [1.29, 1.82) is 0 Å². The van der Waals surface area contributed by atoms with E-state index in [-0.39, 0.29) is 11.7 Å². The highest BCUT2D eigenvalue weighted by Crippen LogP contribution is 2.16. The highest BCUT2D eigenvalue weighted by molar-refractivity contribution is 6.02. The van der Waals surface area contributed by atoms with Crippen LogP contribution < -0.4 is 5.32 Å². The fourth-order valence-electron chi connectivity index (χ4n) is 1.85. The standard InChI is InChI=1S/C17H16FNO/c1-12-4-3-5-14(10-12)7-9-17(20)19-16-11-15(18)8-6-13(16)2/h3-11H,1-2H3,(H,19,20)/b9-7-. The number of hydrogen-bond donors (Lipinski definition) is 1. The Morgan fingerprint density at radius 1 is 1.15 bits per heavy atom. The van der Waals surface area contributed by atoms with Crippen molar-refractivity contribution in [3.05, 3.63) is 71.0 Å². The van der Waals surface area contributed by atoms with Crippen LogP contribution in [0, 0.1) is 19.7 Å². The maximum Gasteiger partial charge on any atom is 0.248 e. The molecule has 20 heavy (non-hydrogen) atoms. The van der Waals surface area contributed by atoms with E-state index in [1.807, 2.05) is 38.1 Å². The molecule has 0 spiro atoms. The molecular formula is C17H16FNO. The number of nitrogens with one attached hydrogen (secondary N) is 1. The first-order valence-electron chi connectivity index (χ1n) is 6.36. The monoisotopic (exact) mass is 269 g/mol. The van der Waals surface area contributed by atoms with Crippen LogP contribution in [0.1, 0.15) is 16.7 Å². The van der Waals surface area contributed by atoms with Crippen molar-refractivity contribution in [3.63, 3.8) is 0 Å². The number of hydrogen-bond acceptors (Lipinski definition) is 1. The summed E-state index contributed by atoms with van der Waals surface area (Å²) in [6.07, 6.45) is 3.18. The van der Waals surface area contributed by atoms with Crippen molar-refractivity contribution in [2.24, 2.45) is 0 Å². The predicted molar refractivity (Wildman–Crippen MR) is 80.0 cm³/mol. The highest BCUT2D eigenvalue weighted by atomic mass is 19.1. The van der Waals surface area contributed by atoms with E-state index in [2.05, 4.69) is 5.32 Å². The highest BCUT2D eigenvalue weighted by Gasteiger charge is 2.03. The van der Waals surface area contributed by atoms with E-state index < -0.39 is 0 Å². The molecule has 2 rings (SSSR count). The van der Waals surface area contributed by atoms with E-state index in [0.717, 1.165) is 16.7 Å². The molecule has 3 heteroatoms. The number of benzene rings is 2. The van der Waals surface area contributed by atoms with Gasteiger partial charge in [0.2, 0.25) is 5.91 Å². The molecule has 0 aliphatic heterocycles. The molecule has 2 nitrogen and oxygen atoms in total. The van der Waals surface area contributed by atoms with E-state index in [4.69, 9.17) is 0 Å². The summed E-state index contributed by atoms with van der Waals surface area (Å²) in [5.74, 6) is -0.645. The number of anilines is 1. The van der Waals surface area contributed by atoms with E-state index in [1.165, 1.54) is 18.2 Å². The first-order chi connectivity index (χ1) is 9.54. The van der Waals surface area contributed by atoms with Gasteiger partial charge in [-0.3, -0.25) is 4.79 Å². The van der Waals surface area contributed by atoms with Crippen LogP contribution in [0.4, 0.5) is 10.1 Å². The maximum atomic E-state index is 13.1. The van der Waals surface area contributed by atoms with E-state index in [0.29, 0.717) is 5.69 Å². The molecular weight excluding hydrogens is 253 g/mol. The lowest BCUT2D eigenvalue weighted by Gasteiger charge is -2.06. The second kappa shape index (κ2) is 6.15. The molecule has 0 aliphatic rings. The molecule has 0 fully saturated rings. The largest absolute Gasteiger partial charge is 0.322 e.